The van der Waals surface area contributed by atoms with Crippen molar-refractivity contribution >= 4 is 10.9 Å². The van der Waals surface area contributed by atoms with Crippen LogP contribution in [0.3, 0.4) is 0 Å². The first-order chi connectivity index (χ1) is 9.59. The summed E-state index contributed by atoms with van der Waals surface area (Å²) in [6.45, 7) is 1.68. The predicted molar refractivity (Wildman–Crippen MR) is 72.0 cm³/mol. The number of H-pyrrole nitrogens is 1. The minimum Gasteiger partial charge on any atom is -0.322 e. The topological polar surface area (TPSA) is 89.6 Å². The molecule has 3 N–H and O–H groups in total. The number of nitrogens with two attached hydrogens (primary N) is 1. The van der Waals surface area contributed by atoms with E-state index in [2.05, 4.69) is 15.2 Å². The van der Waals surface area contributed by atoms with Gasteiger partial charge in [-0.1, -0.05) is 6.07 Å². The van der Waals surface area contributed by atoms with Gasteiger partial charge >= 0.3 is 0 Å². The summed E-state index contributed by atoms with van der Waals surface area (Å²) in [7, 11) is 0. The van der Waals surface area contributed by atoms with Gasteiger partial charge in [-0.25, -0.2) is 13.9 Å². The molecule has 102 valence electrons. The van der Waals surface area contributed by atoms with Crippen LogP contribution in [-0.4, -0.2) is 19.7 Å². The van der Waals surface area contributed by atoms with Crippen LogP contribution < -0.4 is 11.3 Å². The predicted octanol–water partition coefficient (Wildman–Crippen LogP) is 1.27. The van der Waals surface area contributed by atoms with Gasteiger partial charge in [0.2, 0.25) is 0 Å². The van der Waals surface area contributed by atoms with Crippen LogP contribution in [0, 0.1) is 5.82 Å². The summed E-state index contributed by atoms with van der Waals surface area (Å²) in [5, 5.41) is 6.79. The second kappa shape index (κ2) is 4.53. The standard InChI is InChI=1S/C13H12FN5O/c1-7(15)12-17-11-8(3-2-4-9(11)14)13(20)19(12)10-5-6-16-18-10/h2-7H,15H2,1H3,(H,16,18)/t7-/m0/s1. The Morgan fingerprint density at radius 3 is 2.85 bits per heavy atom. The quantitative estimate of drug-likeness (QED) is 0.735. The molecule has 0 aliphatic rings. The lowest BCUT2D eigenvalue weighted by Crippen LogP contribution is -2.28. The summed E-state index contributed by atoms with van der Waals surface area (Å²) in [6, 6.07) is 5.35. The van der Waals surface area contributed by atoms with Crippen molar-refractivity contribution in [1.82, 2.24) is 19.7 Å². The van der Waals surface area contributed by atoms with E-state index in [4.69, 9.17) is 5.73 Å². The van der Waals surface area contributed by atoms with Crippen molar-refractivity contribution in [1.29, 1.82) is 0 Å². The van der Waals surface area contributed by atoms with Gasteiger partial charge < -0.3 is 5.73 Å². The Labute approximate surface area is 113 Å². The van der Waals surface area contributed by atoms with Gasteiger partial charge in [0.1, 0.15) is 17.2 Å². The zero-order valence-electron chi connectivity index (χ0n) is 10.7. The fourth-order valence-electron chi connectivity index (χ4n) is 2.09. The molecular formula is C13H12FN5O. The number of aromatic nitrogens is 4. The molecule has 0 unspecified atom stereocenters. The number of aromatic amines is 1. The number of fused-ring (bicyclic) bond motifs is 1. The Morgan fingerprint density at radius 1 is 1.40 bits per heavy atom. The molecule has 1 aromatic carbocycles. The number of hydrogen-bond donors (Lipinski definition) is 2. The summed E-state index contributed by atoms with van der Waals surface area (Å²) in [4.78, 5) is 16.8. The fraction of sp³-hybridized carbons (Fsp3) is 0.154. The van der Waals surface area contributed by atoms with Crippen LogP contribution in [0.15, 0.2) is 35.3 Å². The van der Waals surface area contributed by atoms with Gasteiger partial charge in [0, 0.05) is 12.3 Å². The van der Waals surface area contributed by atoms with E-state index in [0.717, 1.165) is 0 Å². The first kappa shape index (κ1) is 12.5. The number of hydrogen-bond acceptors (Lipinski definition) is 4. The largest absolute Gasteiger partial charge is 0.322 e. The zero-order valence-corrected chi connectivity index (χ0v) is 10.7. The maximum absolute atomic E-state index is 13.8. The molecule has 0 saturated heterocycles. The highest BCUT2D eigenvalue weighted by atomic mass is 19.1. The van der Waals surface area contributed by atoms with Crippen LogP contribution in [-0.2, 0) is 0 Å². The molecule has 6 nitrogen and oxygen atoms in total. The molecule has 3 rings (SSSR count). The minimum atomic E-state index is -0.546. The molecule has 3 aromatic rings. The Balaban J connectivity index is 2.47. The number of nitrogens with one attached hydrogen (secondary N) is 1. The lowest BCUT2D eigenvalue weighted by Gasteiger charge is -2.13. The van der Waals surface area contributed by atoms with Crippen LogP contribution >= 0.6 is 0 Å². The maximum Gasteiger partial charge on any atom is 0.267 e. The molecule has 2 aromatic heterocycles. The highest BCUT2D eigenvalue weighted by Gasteiger charge is 2.18. The molecule has 0 fully saturated rings. The minimum absolute atomic E-state index is 0.0246. The molecule has 7 heteroatoms. The number of para-hydroxylation sites is 1. The third-order valence-electron chi connectivity index (χ3n) is 3.00. The summed E-state index contributed by atoms with van der Waals surface area (Å²) < 4.78 is 15.1. The fourth-order valence-corrected chi connectivity index (χ4v) is 2.09. The van der Waals surface area contributed by atoms with Gasteiger partial charge in [0.25, 0.3) is 5.56 Å². The van der Waals surface area contributed by atoms with E-state index in [1.807, 2.05) is 0 Å². The monoisotopic (exact) mass is 273 g/mol. The summed E-state index contributed by atoms with van der Waals surface area (Å²) >= 11 is 0. The lowest BCUT2D eigenvalue weighted by molar-refractivity contribution is 0.629. The Morgan fingerprint density at radius 2 is 2.20 bits per heavy atom. The summed E-state index contributed by atoms with van der Waals surface area (Å²) in [5.41, 5.74) is 5.48. The Hall–Kier alpha value is -2.54. The average Bonchev–Trinajstić information content (AvgIpc) is 2.93. The lowest BCUT2D eigenvalue weighted by atomic mass is 10.2. The number of benzene rings is 1. The van der Waals surface area contributed by atoms with Crippen LogP contribution in [0.25, 0.3) is 16.7 Å². The van der Waals surface area contributed by atoms with Crippen molar-refractivity contribution in [3.8, 4) is 5.82 Å². The van der Waals surface area contributed by atoms with E-state index < -0.39 is 17.4 Å². The number of rotatable bonds is 2. The molecule has 0 spiro atoms. The molecule has 0 saturated carbocycles. The van der Waals surface area contributed by atoms with E-state index in [-0.39, 0.29) is 16.7 Å². The molecule has 0 aliphatic carbocycles. The van der Waals surface area contributed by atoms with Crippen LogP contribution in [0.2, 0.25) is 0 Å². The summed E-state index contributed by atoms with van der Waals surface area (Å²) in [5.74, 6) is 0.0938. The van der Waals surface area contributed by atoms with Crippen molar-refractivity contribution in [3.05, 3.63) is 52.5 Å². The number of nitrogens with zero attached hydrogens (tertiary/aromatic N) is 3. The van der Waals surface area contributed by atoms with Gasteiger partial charge in [0.05, 0.1) is 11.4 Å². The molecule has 1 atom stereocenters. The zero-order chi connectivity index (χ0) is 14.3. The Bertz CT molecular complexity index is 823. The molecule has 0 aliphatic heterocycles. The second-order valence-electron chi connectivity index (χ2n) is 4.47. The van der Waals surface area contributed by atoms with Crippen molar-refractivity contribution in [2.24, 2.45) is 5.73 Å². The van der Waals surface area contributed by atoms with Gasteiger partial charge in [-0.15, -0.1) is 0 Å². The average molecular weight is 273 g/mol. The van der Waals surface area contributed by atoms with Crippen molar-refractivity contribution in [3.63, 3.8) is 0 Å². The van der Waals surface area contributed by atoms with E-state index in [1.165, 1.54) is 22.8 Å². The van der Waals surface area contributed by atoms with Crippen LogP contribution in [0.5, 0.6) is 0 Å². The van der Waals surface area contributed by atoms with Crippen molar-refractivity contribution < 1.29 is 4.39 Å². The molecule has 20 heavy (non-hydrogen) atoms. The third-order valence-corrected chi connectivity index (χ3v) is 3.00. The smallest absolute Gasteiger partial charge is 0.267 e. The van der Waals surface area contributed by atoms with Gasteiger partial charge in [0.15, 0.2) is 5.82 Å². The first-order valence-electron chi connectivity index (χ1n) is 6.06. The molecule has 0 amide bonds. The van der Waals surface area contributed by atoms with Gasteiger partial charge in [-0.05, 0) is 19.1 Å². The van der Waals surface area contributed by atoms with Crippen LogP contribution in [0.1, 0.15) is 18.8 Å². The molecule has 0 radical (unpaired) electrons. The van der Waals surface area contributed by atoms with Gasteiger partial charge in [-0.3, -0.25) is 9.89 Å². The van der Waals surface area contributed by atoms with Gasteiger partial charge in [-0.2, -0.15) is 5.10 Å². The molecular weight excluding hydrogens is 261 g/mol. The Kier molecular flexibility index (Phi) is 2.83. The maximum atomic E-state index is 13.8. The SMILES string of the molecule is C[C@H](N)c1nc2c(F)cccc2c(=O)n1-c1cc[nH]n1. The normalized spacial score (nSPS) is 12.8. The molecule has 0 bridgehead atoms. The van der Waals surface area contributed by atoms with Crippen LogP contribution in [0.4, 0.5) is 4.39 Å². The van der Waals surface area contributed by atoms with E-state index in [9.17, 15) is 9.18 Å². The second-order valence-corrected chi connectivity index (χ2v) is 4.47. The van der Waals surface area contributed by atoms with E-state index in [1.54, 1.807) is 19.2 Å². The third kappa shape index (κ3) is 1.79. The number of halogens is 1. The van der Waals surface area contributed by atoms with E-state index >= 15 is 0 Å². The highest BCUT2D eigenvalue weighted by Crippen LogP contribution is 2.17. The molecule has 2 heterocycles. The van der Waals surface area contributed by atoms with E-state index in [0.29, 0.717) is 5.82 Å². The first-order valence-corrected chi connectivity index (χ1v) is 6.06. The highest BCUT2D eigenvalue weighted by molar-refractivity contribution is 5.78. The van der Waals surface area contributed by atoms with Crippen molar-refractivity contribution in [2.45, 2.75) is 13.0 Å². The van der Waals surface area contributed by atoms with Crippen molar-refractivity contribution in [2.75, 3.05) is 0 Å². The summed E-state index contributed by atoms with van der Waals surface area (Å²) in [6.07, 6.45) is 1.59.